The molecule has 0 aliphatic heterocycles. The van der Waals surface area contributed by atoms with E-state index in [1.165, 1.54) is 16.8 Å². The summed E-state index contributed by atoms with van der Waals surface area (Å²) in [5.41, 5.74) is 13.8. The molecule has 0 spiro atoms. The first-order chi connectivity index (χ1) is 20.7. The van der Waals surface area contributed by atoms with Crippen LogP contribution in [0.2, 0.25) is 0 Å². The molecule has 0 saturated carbocycles. The second-order valence-corrected chi connectivity index (χ2v) is 10.5. The number of aromatic nitrogens is 4. The van der Waals surface area contributed by atoms with E-state index < -0.39 is 29.9 Å². The van der Waals surface area contributed by atoms with Gasteiger partial charge in [-0.15, -0.1) is 0 Å². The Balaban J connectivity index is 1.64. The number of ether oxygens (including phenoxy) is 1. The number of anilines is 3. The molecule has 2 aromatic heterocycles. The van der Waals surface area contributed by atoms with Crippen LogP contribution in [0, 0.1) is 0 Å². The summed E-state index contributed by atoms with van der Waals surface area (Å²) in [5, 5.41) is 11.8. The number of nitrogens with one attached hydrogen (secondary N) is 1. The molecule has 2 heterocycles. The molecule has 3 amide bonds. The summed E-state index contributed by atoms with van der Waals surface area (Å²) in [6.07, 6.45) is 0.320. The molecule has 0 unspecified atom stereocenters. The van der Waals surface area contributed by atoms with E-state index in [1.54, 1.807) is 51.4 Å². The van der Waals surface area contributed by atoms with Gasteiger partial charge in [0.2, 0.25) is 11.9 Å². The van der Waals surface area contributed by atoms with Crippen molar-refractivity contribution in [2.45, 2.75) is 45.4 Å². The van der Waals surface area contributed by atoms with E-state index >= 15 is 0 Å². The quantitative estimate of drug-likeness (QED) is 0.213. The number of rotatable bonds is 13. The number of nitrogen functional groups attached to an aromatic ring is 2. The number of carbonyl (C=O) groups is 4. The predicted molar refractivity (Wildman–Crippen MR) is 163 cm³/mol. The van der Waals surface area contributed by atoms with Gasteiger partial charge in [0.25, 0.3) is 5.91 Å². The van der Waals surface area contributed by atoms with E-state index in [0.29, 0.717) is 23.4 Å². The first kappa shape index (κ1) is 33.2. The molecule has 0 radical (unpaired) electrons. The van der Waals surface area contributed by atoms with Crippen LogP contribution in [0.1, 0.15) is 42.7 Å². The van der Waals surface area contributed by atoms with Crippen LogP contribution in [-0.4, -0.2) is 105 Å². The Morgan fingerprint density at radius 2 is 1.64 bits per heavy atom. The summed E-state index contributed by atoms with van der Waals surface area (Å²) in [4.78, 5) is 70.7. The highest BCUT2D eigenvalue weighted by atomic mass is 16.6. The van der Waals surface area contributed by atoms with Crippen LogP contribution in [-0.2, 0) is 20.9 Å². The molecule has 3 rings (SSSR count). The molecule has 16 nitrogen and oxygen atoms in total. The number of nitrogens with zero attached hydrogens (tertiary/aromatic N) is 7. The summed E-state index contributed by atoms with van der Waals surface area (Å²) < 4.78 is 5.13. The molecule has 16 heteroatoms. The van der Waals surface area contributed by atoms with Gasteiger partial charge < -0.3 is 41.3 Å². The average Bonchev–Trinajstić information content (AvgIpc) is 2.97. The van der Waals surface area contributed by atoms with Gasteiger partial charge >= 0.3 is 12.1 Å². The molecule has 6 N–H and O–H groups in total. The van der Waals surface area contributed by atoms with Crippen LogP contribution in [0.3, 0.4) is 0 Å². The van der Waals surface area contributed by atoms with Crippen LogP contribution in [0.5, 0.6) is 0 Å². The summed E-state index contributed by atoms with van der Waals surface area (Å²) in [6, 6.07) is 5.57. The van der Waals surface area contributed by atoms with Gasteiger partial charge in [0.05, 0.1) is 24.5 Å². The monoisotopic (exact) mass is 610 g/mol. The zero-order chi connectivity index (χ0) is 32.6. The minimum absolute atomic E-state index is 0.0106. The van der Waals surface area contributed by atoms with Crippen molar-refractivity contribution in [3.63, 3.8) is 0 Å². The number of amides is 3. The fourth-order valence-electron chi connectivity index (χ4n) is 4.09. The Bertz CT molecular complexity index is 1500. The van der Waals surface area contributed by atoms with Crippen molar-refractivity contribution in [1.82, 2.24) is 35.1 Å². The number of fused-ring (bicyclic) bond motifs is 1. The third-order valence-electron chi connectivity index (χ3n) is 6.52. The van der Waals surface area contributed by atoms with Crippen LogP contribution in [0.25, 0.3) is 11.2 Å². The van der Waals surface area contributed by atoms with E-state index in [-0.39, 0.29) is 49.4 Å². The maximum Gasteiger partial charge on any atom is 0.409 e. The molecule has 0 fully saturated rings. The lowest BCUT2D eigenvalue weighted by Gasteiger charge is -2.26. The van der Waals surface area contributed by atoms with Crippen LogP contribution in [0.4, 0.5) is 22.2 Å². The van der Waals surface area contributed by atoms with Crippen LogP contribution in [0.15, 0.2) is 30.5 Å². The fraction of sp³-hybridized carbons (Fsp3) is 0.429. The number of carboxylic acids is 1. The number of hydrogen-bond donors (Lipinski definition) is 4. The van der Waals surface area contributed by atoms with Crippen LogP contribution >= 0.6 is 0 Å². The molecule has 44 heavy (non-hydrogen) atoms. The number of aliphatic carboxylic acids is 1. The van der Waals surface area contributed by atoms with Crippen molar-refractivity contribution in [3.8, 4) is 0 Å². The van der Waals surface area contributed by atoms with Gasteiger partial charge in [-0.1, -0.05) is 0 Å². The zero-order valence-electron chi connectivity index (χ0n) is 25.4. The topological polar surface area (TPSA) is 223 Å². The Morgan fingerprint density at radius 1 is 0.977 bits per heavy atom. The van der Waals surface area contributed by atoms with Crippen molar-refractivity contribution in [1.29, 1.82) is 0 Å². The van der Waals surface area contributed by atoms with Crippen molar-refractivity contribution in [3.05, 3.63) is 41.7 Å². The Morgan fingerprint density at radius 3 is 2.27 bits per heavy atom. The average molecular weight is 611 g/mol. The van der Waals surface area contributed by atoms with Crippen molar-refractivity contribution >= 4 is 52.5 Å². The van der Waals surface area contributed by atoms with Gasteiger partial charge in [0.1, 0.15) is 6.04 Å². The highest BCUT2D eigenvalue weighted by Crippen LogP contribution is 2.19. The van der Waals surface area contributed by atoms with Gasteiger partial charge in [-0.3, -0.25) is 14.4 Å². The van der Waals surface area contributed by atoms with Gasteiger partial charge in [0, 0.05) is 51.9 Å². The van der Waals surface area contributed by atoms with Gasteiger partial charge in [-0.25, -0.2) is 14.8 Å². The molecule has 0 aliphatic rings. The zero-order valence-corrected chi connectivity index (χ0v) is 25.4. The highest BCUT2D eigenvalue weighted by molar-refractivity contribution is 5.98. The van der Waals surface area contributed by atoms with E-state index in [9.17, 15) is 24.3 Å². The maximum absolute atomic E-state index is 13.2. The molecule has 0 aliphatic carbocycles. The number of likely N-dealkylation sites (N-methyl/N-ethyl adjacent to an activating group) is 2. The molecule has 3 aromatic rings. The smallest absolute Gasteiger partial charge is 0.409 e. The summed E-state index contributed by atoms with van der Waals surface area (Å²) >= 11 is 0. The van der Waals surface area contributed by atoms with Crippen molar-refractivity contribution in [2.24, 2.45) is 0 Å². The minimum Gasteiger partial charge on any atom is -0.481 e. The minimum atomic E-state index is -1.10. The lowest BCUT2D eigenvalue weighted by Crippen LogP contribution is -2.49. The second-order valence-electron chi connectivity index (χ2n) is 10.5. The number of hydrogen-bond acceptors (Lipinski definition) is 12. The number of nitrogens with two attached hydrogens (primary N) is 2. The Hall–Kier alpha value is -5.28. The molecular formula is C28H38N10O6. The molecule has 0 bridgehead atoms. The molecule has 1 aromatic carbocycles. The van der Waals surface area contributed by atoms with E-state index in [0.717, 1.165) is 5.69 Å². The molecular weight excluding hydrogens is 572 g/mol. The van der Waals surface area contributed by atoms with Gasteiger partial charge in [-0.05, 0) is 44.5 Å². The SMILES string of the molecule is CC(C)OC(=O)N(C)CCN(C)C(=O)[C@H](CCC(=O)O)NC(=O)c1ccc(N(C)Cc2cnc3nc(N)nc(N)c3n2)cc1. The van der Waals surface area contributed by atoms with Gasteiger partial charge in [-0.2, -0.15) is 9.97 Å². The number of benzene rings is 1. The molecule has 1 atom stereocenters. The van der Waals surface area contributed by atoms with E-state index in [4.69, 9.17) is 16.2 Å². The Kier molecular flexibility index (Phi) is 11.1. The maximum atomic E-state index is 13.2. The van der Waals surface area contributed by atoms with Crippen molar-refractivity contribution in [2.75, 3.05) is 50.6 Å². The van der Waals surface area contributed by atoms with Gasteiger partial charge in [0.15, 0.2) is 17.0 Å². The second kappa shape index (κ2) is 14.8. The van der Waals surface area contributed by atoms with E-state index in [1.807, 2.05) is 11.9 Å². The van der Waals surface area contributed by atoms with E-state index in [2.05, 4.69) is 25.3 Å². The lowest BCUT2D eigenvalue weighted by atomic mass is 10.1. The standard InChI is InChI=1S/C28H38N10O6/c1-16(2)44-28(43)37(4)13-12-36(3)26(42)20(10-11-21(39)40)33-25(41)17-6-8-19(9-7-17)38(5)15-18-14-31-24-22(32-18)23(29)34-27(30)35-24/h6-9,14,16,20H,10-13,15H2,1-5H3,(H,33,41)(H,39,40)(H4,29,30,31,34,35)/t20-/m0/s1. The van der Waals surface area contributed by atoms with Crippen LogP contribution < -0.4 is 21.7 Å². The highest BCUT2D eigenvalue weighted by Gasteiger charge is 2.26. The third kappa shape index (κ3) is 9.11. The predicted octanol–water partition coefficient (Wildman–Crippen LogP) is 1.12. The largest absolute Gasteiger partial charge is 0.481 e. The number of carbonyl (C=O) groups excluding carboxylic acids is 3. The number of carboxylic acid groups (broad SMARTS) is 1. The molecule has 0 saturated heterocycles. The normalized spacial score (nSPS) is 11.6. The fourth-order valence-corrected chi connectivity index (χ4v) is 4.09. The molecule has 236 valence electrons. The summed E-state index contributed by atoms with van der Waals surface area (Å²) in [6.45, 7) is 4.16. The lowest BCUT2D eigenvalue weighted by molar-refractivity contribution is -0.137. The first-order valence-electron chi connectivity index (χ1n) is 13.8. The van der Waals surface area contributed by atoms with Crippen molar-refractivity contribution < 1.29 is 29.0 Å². The first-order valence-corrected chi connectivity index (χ1v) is 13.8. The Labute approximate surface area is 254 Å². The summed E-state index contributed by atoms with van der Waals surface area (Å²) in [5.74, 6) is -1.98. The summed E-state index contributed by atoms with van der Waals surface area (Å²) in [7, 11) is 4.90. The third-order valence-corrected chi connectivity index (χ3v) is 6.52.